The fourth-order valence-electron chi connectivity index (χ4n) is 2.73. The van der Waals surface area contributed by atoms with Crippen molar-refractivity contribution in [3.8, 4) is 0 Å². The molecule has 18 heavy (non-hydrogen) atoms. The topological polar surface area (TPSA) is 12.4 Å². The van der Waals surface area contributed by atoms with Crippen LogP contribution in [0.1, 0.15) is 60.8 Å². The molecule has 0 spiro atoms. The van der Waals surface area contributed by atoms with Gasteiger partial charge in [0.2, 0.25) is 0 Å². The predicted octanol–water partition coefficient (Wildman–Crippen LogP) is 5.15. The number of hydrogen-bond donors (Lipinski definition) is 0. The highest BCUT2D eigenvalue weighted by atomic mass is 19.1. The van der Waals surface area contributed by atoms with Crippen molar-refractivity contribution >= 4 is 6.21 Å². The van der Waals surface area contributed by atoms with Crippen molar-refractivity contribution in [3.05, 3.63) is 0 Å². The molecule has 0 rings (SSSR count). The maximum Gasteiger partial charge on any atom is 0.103 e. The van der Waals surface area contributed by atoms with Crippen LogP contribution in [0, 0.1) is 23.7 Å². The SMILES string of the molecule is CCCC(C)C(C=NCC)C(C)C(C)C(F)CC. The quantitative estimate of drug-likeness (QED) is 0.507. The van der Waals surface area contributed by atoms with Crippen molar-refractivity contribution in [1.82, 2.24) is 0 Å². The fraction of sp³-hybridized carbons (Fsp3) is 0.938. The van der Waals surface area contributed by atoms with Crippen molar-refractivity contribution in [2.24, 2.45) is 28.7 Å². The summed E-state index contributed by atoms with van der Waals surface area (Å²) < 4.78 is 13.9. The van der Waals surface area contributed by atoms with Crippen molar-refractivity contribution in [2.75, 3.05) is 6.54 Å². The van der Waals surface area contributed by atoms with Crippen LogP contribution in [0.15, 0.2) is 4.99 Å². The number of hydrogen-bond acceptors (Lipinski definition) is 1. The Balaban J connectivity index is 4.77. The highest BCUT2D eigenvalue weighted by molar-refractivity contribution is 5.61. The fourth-order valence-corrected chi connectivity index (χ4v) is 2.73. The molecule has 0 aromatic heterocycles. The van der Waals surface area contributed by atoms with E-state index in [0.29, 0.717) is 24.2 Å². The number of aliphatic imine (C=N–C) groups is 1. The number of nitrogens with zero attached hydrogens (tertiary/aromatic N) is 1. The number of halogens is 1. The normalized spacial score (nSPS) is 20.6. The van der Waals surface area contributed by atoms with Crippen LogP contribution < -0.4 is 0 Å². The van der Waals surface area contributed by atoms with Crippen molar-refractivity contribution in [2.45, 2.75) is 67.0 Å². The predicted molar refractivity (Wildman–Crippen MR) is 80.1 cm³/mol. The molecule has 0 fully saturated rings. The highest BCUT2D eigenvalue weighted by Gasteiger charge is 2.29. The van der Waals surface area contributed by atoms with E-state index in [2.05, 4.69) is 38.9 Å². The molecule has 0 aliphatic heterocycles. The average Bonchev–Trinajstić information content (AvgIpc) is 2.37. The Morgan fingerprint density at radius 2 is 1.67 bits per heavy atom. The van der Waals surface area contributed by atoms with Gasteiger partial charge in [0, 0.05) is 12.8 Å². The molecule has 0 amide bonds. The zero-order valence-corrected chi connectivity index (χ0v) is 13.1. The standard InChI is InChI=1S/C16H32FN/c1-7-10-12(4)15(11-18-9-3)13(5)14(6)16(17)8-2/h11-16H,7-10H2,1-6H3. The molecule has 0 saturated heterocycles. The minimum Gasteiger partial charge on any atom is -0.298 e. The van der Waals surface area contributed by atoms with E-state index in [0.717, 1.165) is 6.54 Å². The maximum absolute atomic E-state index is 13.9. The lowest BCUT2D eigenvalue weighted by molar-refractivity contribution is 0.144. The molecule has 0 bridgehead atoms. The number of rotatable bonds is 9. The molecule has 0 radical (unpaired) electrons. The third-order valence-corrected chi connectivity index (χ3v) is 4.26. The summed E-state index contributed by atoms with van der Waals surface area (Å²) in [5.41, 5.74) is 0. The molecule has 2 heteroatoms. The van der Waals surface area contributed by atoms with Gasteiger partial charge in [-0.3, -0.25) is 4.99 Å². The van der Waals surface area contributed by atoms with Gasteiger partial charge in [-0.2, -0.15) is 0 Å². The Kier molecular flexibility index (Phi) is 9.31. The molecule has 0 aliphatic carbocycles. The van der Waals surface area contributed by atoms with E-state index in [1.807, 2.05) is 13.8 Å². The molecule has 5 unspecified atom stereocenters. The molecular formula is C16H32FN. The van der Waals surface area contributed by atoms with E-state index in [-0.39, 0.29) is 5.92 Å². The molecular weight excluding hydrogens is 225 g/mol. The number of alkyl halides is 1. The monoisotopic (exact) mass is 257 g/mol. The lowest BCUT2D eigenvalue weighted by Gasteiger charge is -2.32. The third kappa shape index (κ3) is 5.49. The summed E-state index contributed by atoms with van der Waals surface area (Å²) in [6.07, 6.45) is 4.40. The lowest BCUT2D eigenvalue weighted by Crippen LogP contribution is -2.30. The van der Waals surface area contributed by atoms with Crippen LogP contribution in [0.5, 0.6) is 0 Å². The van der Waals surface area contributed by atoms with Crippen LogP contribution in [-0.2, 0) is 0 Å². The van der Waals surface area contributed by atoms with Gasteiger partial charge in [-0.15, -0.1) is 0 Å². The Labute approximate surface area is 113 Å². The van der Waals surface area contributed by atoms with Gasteiger partial charge in [0.25, 0.3) is 0 Å². The van der Waals surface area contributed by atoms with Crippen molar-refractivity contribution < 1.29 is 4.39 Å². The summed E-state index contributed by atoms with van der Waals surface area (Å²) in [5, 5.41) is 0. The van der Waals surface area contributed by atoms with Gasteiger partial charge in [-0.25, -0.2) is 4.39 Å². The van der Waals surface area contributed by atoms with Gasteiger partial charge >= 0.3 is 0 Å². The van der Waals surface area contributed by atoms with Gasteiger partial charge in [0.05, 0.1) is 0 Å². The summed E-state index contributed by atoms with van der Waals surface area (Å²) >= 11 is 0. The van der Waals surface area contributed by atoms with Gasteiger partial charge in [0.1, 0.15) is 6.17 Å². The first-order chi connectivity index (χ1) is 8.49. The van der Waals surface area contributed by atoms with Crippen molar-refractivity contribution in [3.63, 3.8) is 0 Å². The van der Waals surface area contributed by atoms with E-state index < -0.39 is 6.17 Å². The zero-order chi connectivity index (χ0) is 14.1. The molecule has 5 atom stereocenters. The second-order valence-corrected chi connectivity index (χ2v) is 5.63. The maximum atomic E-state index is 13.9. The van der Waals surface area contributed by atoms with E-state index in [1.165, 1.54) is 12.8 Å². The average molecular weight is 257 g/mol. The molecule has 0 aromatic carbocycles. The van der Waals surface area contributed by atoms with Gasteiger partial charge in [0.15, 0.2) is 0 Å². The second kappa shape index (κ2) is 9.52. The summed E-state index contributed by atoms with van der Waals surface area (Å²) in [6, 6.07) is 0. The summed E-state index contributed by atoms with van der Waals surface area (Å²) in [4.78, 5) is 4.42. The minimum atomic E-state index is -0.689. The molecule has 0 N–H and O–H groups in total. The molecule has 0 aliphatic rings. The van der Waals surface area contributed by atoms with Crippen molar-refractivity contribution in [1.29, 1.82) is 0 Å². The second-order valence-electron chi connectivity index (χ2n) is 5.63. The van der Waals surface area contributed by atoms with Crippen LogP contribution in [0.2, 0.25) is 0 Å². The van der Waals surface area contributed by atoms with Crippen LogP contribution in [0.25, 0.3) is 0 Å². The Bertz CT molecular complexity index is 227. The van der Waals surface area contributed by atoms with Crippen LogP contribution >= 0.6 is 0 Å². The summed E-state index contributed by atoms with van der Waals surface area (Å²) in [7, 11) is 0. The minimum absolute atomic E-state index is 0.114. The first kappa shape index (κ1) is 17.6. The Morgan fingerprint density at radius 1 is 1.06 bits per heavy atom. The summed E-state index contributed by atoms with van der Waals surface area (Å²) in [5.74, 6) is 1.47. The first-order valence-corrected chi connectivity index (χ1v) is 7.63. The largest absolute Gasteiger partial charge is 0.298 e. The van der Waals surface area contributed by atoms with E-state index in [1.54, 1.807) is 0 Å². The lowest BCUT2D eigenvalue weighted by atomic mass is 9.74. The highest BCUT2D eigenvalue weighted by Crippen LogP contribution is 2.32. The summed E-state index contributed by atoms with van der Waals surface area (Å²) in [6.45, 7) is 13.5. The smallest absolute Gasteiger partial charge is 0.103 e. The molecule has 108 valence electrons. The first-order valence-electron chi connectivity index (χ1n) is 7.63. The van der Waals surface area contributed by atoms with E-state index in [9.17, 15) is 4.39 Å². The van der Waals surface area contributed by atoms with Gasteiger partial charge < -0.3 is 0 Å². The van der Waals surface area contributed by atoms with E-state index >= 15 is 0 Å². The molecule has 0 heterocycles. The van der Waals surface area contributed by atoms with Crippen LogP contribution in [0.4, 0.5) is 4.39 Å². The molecule has 1 nitrogen and oxygen atoms in total. The van der Waals surface area contributed by atoms with Crippen LogP contribution in [0.3, 0.4) is 0 Å². The Morgan fingerprint density at radius 3 is 2.11 bits per heavy atom. The van der Waals surface area contributed by atoms with E-state index in [4.69, 9.17) is 0 Å². The third-order valence-electron chi connectivity index (χ3n) is 4.26. The molecule has 0 saturated carbocycles. The van der Waals surface area contributed by atoms with Gasteiger partial charge in [-0.1, -0.05) is 47.5 Å². The molecule has 0 aromatic rings. The van der Waals surface area contributed by atoms with Crippen LogP contribution in [-0.4, -0.2) is 18.9 Å². The zero-order valence-electron chi connectivity index (χ0n) is 13.1. The Hall–Kier alpha value is -0.400. The van der Waals surface area contributed by atoms with Gasteiger partial charge in [-0.05, 0) is 37.0 Å².